The molecule has 4 N–H and O–H groups in total. The van der Waals surface area contributed by atoms with Crippen LogP contribution in [-0.4, -0.2) is 66.1 Å². The lowest BCUT2D eigenvalue weighted by Gasteiger charge is -2.35. The van der Waals surface area contributed by atoms with Gasteiger partial charge >= 0.3 is 0 Å². The molecular weight excluding hydrogens is 352 g/mol. The third kappa shape index (κ3) is 4.42. The van der Waals surface area contributed by atoms with Crippen molar-refractivity contribution in [2.45, 2.75) is 0 Å². The Morgan fingerprint density at radius 3 is 2.77 bits per heavy atom. The van der Waals surface area contributed by atoms with Crippen molar-refractivity contribution in [3.8, 4) is 5.75 Å². The van der Waals surface area contributed by atoms with Crippen LogP contribution in [0, 0.1) is 0 Å². The minimum atomic E-state index is -0.325. The van der Waals surface area contributed by atoms with Gasteiger partial charge in [0.15, 0.2) is 11.1 Å². The largest absolute Gasteiger partial charge is 0.507 e. The summed E-state index contributed by atoms with van der Waals surface area (Å²) in [6, 6.07) is 6.43. The number of carbonyl (C=O) groups is 1. The lowest BCUT2D eigenvalue weighted by molar-refractivity contribution is 0.0952. The van der Waals surface area contributed by atoms with Crippen LogP contribution in [0.15, 0.2) is 40.8 Å². The third-order valence-corrected chi connectivity index (χ3v) is 4.95. The van der Waals surface area contributed by atoms with Crippen LogP contribution in [0.3, 0.4) is 0 Å². The molecule has 1 aliphatic rings. The molecule has 0 spiro atoms. The quantitative estimate of drug-likeness (QED) is 0.404. The minimum absolute atomic E-state index is 0.0360. The molecule has 3 rings (SSSR count). The van der Waals surface area contributed by atoms with E-state index in [1.807, 2.05) is 16.5 Å². The predicted octanol–water partition coefficient (Wildman–Crippen LogP) is 0.715. The average Bonchev–Trinajstić information content (AvgIpc) is 3.20. The number of aromatic hydroxyl groups is 1. The number of benzene rings is 1. The summed E-state index contributed by atoms with van der Waals surface area (Å²) in [5.74, 6) is 0.126. The van der Waals surface area contributed by atoms with E-state index < -0.39 is 0 Å². The number of aromatic nitrogens is 1. The summed E-state index contributed by atoms with van der Waals surface area (Å²) in [7, 11) is 0. The van der Waals surface area contributed by atoms with Gasteiger partial charge in [0.05, 0.1) is 12.1 Å². The van der Waals surface area contributed by atoms with E-state index in [1.165, 1.54) is 6.07 Å². The third-order valence-electron chi connectivity index (χ3n) is 4.11. The van der Waals surface area contributed by atoms with E-state index in [0.717, 1.165) is 31.3 Å². The molecule has 0 saturated carbocycles. The summed E-state index contributed by atoms with van der Waals surface area (Å²) in [6.07, 6.45) is 1.81. The summed E-state index contributed by atoms with van der Waals surface area (Å²) in [6.45, 7) is 4.03. The molecule has 1 saturated heterocycles. The number of carbonyl (C=O) groups excluding carboxylic acids is 1. The van der Waals surface area contributed by atoms with E-state index in [-0.39, 0.29) is 17.2 Å². The van der Waals surface area contributed by atoms with Crippen LogP contribution in [0.4, 0.5) is 5.13 Å². The predicted molar refractivity (Wildman–Crippen MR) is 103 cm³/mol. The van der Waals surface area contributed by atoms with Crippen molar-refractivity contribution in [3.63, 3.8) is 0 Å². The van der Waals surface area contributed by atoms with E-state index in [1.54, 1.807) is 29.5 Å². The van der Waals surface area contributed by atoms with Crippen LogP contribution < -0.4 is 16.0 Å². The number of anilines is 1. The van der Waals surface area contributed by atoms with Gasteiger partial charge in [0.1, 0.15) is 5.75 Å². The Hall–Kier alpha value is -2.81. The fourth-order valence-electron chi connectivity index (χ4n) is 2.70. The lowest BCUT2D eigenvalue weighted by atomic mass is 10.2. The molecule has 0 bridgehead atoms. The molecule has 8 nitrogen and oxygen atoms in total. The van der Waals surface area contributed by atoms with Gasteiger partial charge < -0.3 is 26.0 Å². The van der Waals surface area contributed by atoms with Crippen LogP contribution in [0.1, 0.15) is 10.4 Å². The number of hydrogen-bond donors (Lipinski definition) is 3. The standard InChI is InChI=1S/C17H22N6O2S/c18-16(22-8-10-23(11-9-22)17-21-7-12-26-17)20-6-5-19-15(25)13-3-1-2-4-14(13)24/h1-4,7,12,24H,5-6,8-11H2,(H2,18,20)(H,19,25). The summed E-state index contributed by atoms with van der Waals surface area (Å²) >= 11 is 1.63. The average molecular weight is 374 g/mol. The Kier molecular flexibility index (Phi) is 5.90. The Bertz CT molecular complexity index is 756. The number of nitrogens with zero attached hydrogens (tertiary/aromatic N) is 4. The number of rotatable bonds is 5. The highest BCUT2D eigenvalue weighted by Gasteiger charge is 2.19. The summed E-state index contributed by atoms with van der Waals surface area (Å²) < 4.78 is 0. The maximum atomic E-state index is 12.0. The molecule has 2 heterocycles. The van der Waals surface area contributed by atoms with Gasteiger partial charge in [0.25, 0.3) is 5.91 Å². The number of aliphatic imine (C=N–C) groups is 1. The summed E-state index contributed by atoms with van der Waals surface area (Å²) in [5, 5.41) is 15.4. The number of para-hydroxylation sites is 1. The van der Waals surface area contributed by atoms with E-state index in [2.05, 4.69) is 20.2 Å². The summed E-state index contributed by atoms with van der Waals surface area (Å²) in [5.41, 5.74) is 6.31. The summed E-state index contributed by atoms with van der Waals surface area (Å²) in [4.78, 5) is 24.9. The van der Waals surface area contributed by atoms with Crippen molar-refractivity contribution >= 4 is 28.3 Å². The number of thiazole rings is 1. The van der Waals surface area contributed by atoms with Crippen molar-refractivity contribution < 1.29 is 9.90 Å². The first-order chi connectivity index (χ1) is 12.6. The Labute approximate surface area is 156 Å². The van der Waals surface area contributed by atoms with Crippen molar-refractivity contribution in [2.75, 3.05) is 44.2 Å². The monoisotopic (exact) mass is 374 g/mol. The first kappa shape index (κ1) is 18.0. The first-order valence-corrected chi connectivity index (χ1v) is 9.28. The molecule has 0 aliphatic carbocycles. The zero-order chi connectivity index (χ0) is 18.4. The zero-order valence-corrected chi connectivity index (χ0v) is 15.2. The maximum Gasteiger partial charge on any atom is 0.255 e. The number of phenols is 1. The van der Waals surface area contributed by atoms with Gasteiger partial charge in [-0.25, -0.2) is 4.98 Å². The fraction of sp³-hybridized carbons (Fsp3) is 0.353. The van der Waals surface area contributed by atoms with Gasteiger partial charge in [0.2, 0.25) is 0 Å². The van der Waals surface area contributed by atoms with Crippen LogP contribution in [0.2, 0.25) is 0 Å². The normalized spacial score (nSPS) is 15.2. The maximum absolute atomic E-state index is 12.0. The van der Waals surface area contributed by atoms with Crippen molar-refractivity contribution in [3.05, 3.63) is 41.4 Å². The number of nitrogens with one attached hydrogen (secondary N) is 1. The molecule has 26 heavy (non-hydrogen) atoms. The number of nitrogens with two attached hydrogens (primary N) is 1. The van der Waals surface area contributed by atoms with E-state index >= 15 is 0 Å². The zero-order valence-electron chi connectivity index (χ0n) is 14.3. The number of guanidine groups is 1. The number of hydrogen-bond acceptors (Lipinski definition) is 6. The second-order valence-electron chi connectivity index (χ2n) is 5.80. The molecule has 1 fully saturated rings. The van der Waals surface area contributed by atoms with Crippen molar-refractivity contribution in [2.24, 2.45) is 10.7 Å². The molecule has 0 unspecified atom stereocenters. The van der Waals surface area contributed by atoms with Gasteiger partial charge in [-0.2, -0.15) is 0 Å². The molecule has 2 aromatic rings. The molecule has 0 atom stereocenters. The molecule has 0 radical (unpaired) electrons. The first-order valence-electron chi connectivity index (χ1n) is 8.40. The van der Waals surface area contributed by atoms with Crippen molar-refractivity contribution in [1.82, 2.24) is 15.2 Å². The van der Waals surface area contributed by atoms with Crippen LogP contribution in [-0.2, 0) is 0 Å². The molecule has 1 aromatic heterocycles. The SMILES string of the molecule is NC(=NCCNC(=O)c1ccccc1O)N1CCN(c2nccs2)CC1. The molecule has 1 aliphatic heterocycles. The highest BCUT2D eigenvalue weighted by Crippen LogP contribution is 2.18. The molecule has 1 aromatic carbocycles. The van der Waals surface area contributed by atoms with E-state index in [4.69, 9.17) is 5.73 Å². The Balaban J connectivity index is 1.42. The van der Waals surface area contributed by atoms with Crippen LogP contribution in [0.25, 0.3) is 0 Å². The highest BCUT2D eigenvalue weighted by molar-refractivity contribution is 7.13. The van der Waals surface area contributed by atoms with Crippen molar-refractivity contribution in [1.29, 1.82) is 0 Å². The second kappa shape index (κ2) is 8.52. The minimum Gasteiger partial charge on any atom is -0.507 e. The topological polar surface area (TPSA) is 107 Å². The van der Waals surface area contributed by atoms with Gasteiger partial charge in [-0.05, 0) is 12.1 Å². The fourth-order valence-corrected chi connectivity index (χ4v) is 3.40. The molecule has 138 valence electrons. The highest BCUT2D eigenvalue weighted by atomic mass is 32.1. The van der Waals surface area contributed by atoms with E-state index in [9.17, 15) is 9.90 Å². The molecule has 9 heteroatoms. The van der Waals surface area contributed by atoms with Crippen LogP contribution >= 0.6 is 11.3 Å². The lowest BCUT2D eigenvalue weighted by Crippen LogP contribution is -2.51. The Morgan fingerprint density at radius 2 is 2.08 bits per heavy atom. The van der Waals surface area contributed by atoms with Gasteiger partial charge in [-0.15, -0.1) is 11.3 Å². The van der Waals surface area contributed by atoms with E-state index in [0.29, 0.717) is 19.0 Å². The van der Waals surface area contributed by atoms with Gasteiger partial charge in [0, 0.05) is 44.3 Å². The smallest absolute Gasteiger partial charge is 0.255 e. The van der Waals surface area contributed by atoms with Gasteiger partial charge in [-0.1, -0.05) is 12.1 Å². The number of piperazine rings is 1. The Morgan fingerprint density at radius 1 is 1.31 bits per heavy atom. The second-order valence-corrected chi connectivity index (χ2v) is 6.67. The van der Waals surface area contributed by atoms with Gasteiger partial charge in [-0.3, -0.25) is 9.79 Å². The number of amides is 1. The van der Waals surface area contributed by atoms with Crippen LogP contribution in [0.5, 0.6) is 5.75 Å². The molecule has 1 amide bonds. The molecular formula is C17H22N6O2S. The number of phenolic OH excluding ortho intramolecular Hbond substituents is 1.